The van der Waals surface area contributed by atoms with Crippen LogP contribution in [0.2, 0.25) is 0 Å². The molecule has 1 aromatic rings. The van der Waals surface area contributed by atoms with Gasteiger partial charge in [-0.25, -0.2) is 4.79 Å². The highest BCUT2D eigenvalue weighted by atomic mass is 79.9. The van der Waals surface area contributed by atoms with Gasteiger partial charge in [-0.3, -0.25) is 4.79 Å². The Balaban J connectivity index is 2.08. The van der Waals surface area contributed by atoms with Gasteiger partial charge in [0.05, 0.1) is 12.0 Å². The van der Waals surface area contributed by atoms with Crippen LogP contribution in [0.3, 0.4) is 0 Å². The van der Waals surface area contributed by atoms with E-state index in [0.29, 0.717) is 10.0 Å². The number of benzene rings is 1. The van der Waals surface area contributed by atoms with E-state index in [1.807, 2.05) is 0 Å². The fraction of sp³-hybridized carbons (Fsp3) is 0.375. The summed E-state index contributed by atoms with van der Waals surface area (Å²) in [5, 5.41) is 8.84. The highest BCUT2D eigenvalue weighted by Crippen LogP contribution is 2.40. The van der Waals surface area contributed by atoms with Gasteiger partial charge in [0.2, 0.25) is 12.9 Å². The predicted molar refractivity (Wildman–Crippen MR) is 91.9 cm³/mol. The SMILES string of the molecule is Cc1cc(Br)cc2c1O[C@H](C(F)(F)F)C(C(=O)OCOC(=O)CCO[N+](=O)[O-])=C2. The lowest BCUT2D eigenvalue weighted by atomic mass is 9.99. The smallest absolute Gasteiger partial charge is 0.430 e. The molecule has 0 unspecified atom stereocenters. The second kappa shape index (κ2) is 9.11. The van der Waals surface area contributed by atoms with Crippen molar-refractivity contribution in [2.24, 2.45) is 0 Å². The number of carbonyl (C=O) groups excluding carboxylic acids is 2. The molecule has 13 heteroatoms. The minimum atomic E-state index is -4.90. The minimum Gasteiger partial charge on any atom is -0.475 e. The molecule has 1 aliphatic heterocycles. The summed E-state index contributed by atoms with van der Waals surface area (Å²) in [5.74, 6) is -2.43. The maximum atomic E-state index is 13.4. The van der Waals surface area contributed by atoms with Crippen LogP contribution in [0.4, 0.5) is 13.2 Å². The van der Waals surface area contributed by atoms with E-state index in [1.165, 1.54) is 6.07 Å². The summed E-state index contributed by atoms with van der Waals surface area (Å²) in [6.07, 6.45) is -7.00. The van der Waals surface area contributed by atoms with E-state index in [0.717, 1.165) is 6.08 Å². The van der Waals surface area contributed by atoms with Gasteiger partial charge in [0, 0.05) is 10.0 Å². The third-order valence-electron chi connectivity index (χ3n) is 3.54. The number of nitrogens with zero attached hydrogens (tertiary/aromatic N) is 1. The fourth-order valence-corrected chi connectivity index (χ4v) is 2.96. The molecule has 29 heavy (non-hydrogen) atoms. The lowest BCUT2D eigenvalue weighted by Gasteiger charge is -2.28. The van der Waals surface area contributed by atoms with Crippen LogP contribution in [0.1, 0.15) is 17.5 Å². The Morgan fingerprint density at radius 1 is 1.31 bits per heavy atom. The van der Waals surface area contributed by atoms with Crippen molar-refractivity contribution in [1.82, 2.24) is 0 Å². The average molecular weight is 484 g/mol. The number of halogens is 4. The molecule has 0 saturated heterocycles. The van der Waals surface area contributed by atoms with Gasteiger partial charge in [-0.15, -0.1) is 10.1 Å². The highest BCUT2D eigenvalue weighted by molar-refractivity contribution is 9.10. The van der Waals surface area contributed by atoms with Crippen LogP contribution in [0.5, 0.6) is 5.75 Å². The molecule has 158 valence electrons. The number of fused-ring (bicyclic) bond motifs is 1. The molecule has 1 aromatic carbocycles. The molecule has 0 saturated carbocycles. The second-order valence-electron chi connectivity index (χ2n) is 5.65. The average Bonchev–Trinajstić information content (AvgIpc) is 2.59. The highest BCUT2D eigenvalue weighted by Gasteiger charge is 2.49. The van der Waals surface area contributed by atoms with E-state index < -0.39 is 54.7 Å². The van der Waals surface area contributed by atoms with Gasteiger partial charge in [-0.1, -0.05) is 15.9 Å². The minimum absolute atomic E-state index is 0.0238. The third-order valence-corrected chi connectivity index (χ3v) is 4.00. The molecule has 2 rings (SSSR count). The van der Waals surface area contributed by atoms with Crippen LogP contribution in [0, 0.1) is 17.0 Å². The molecule has 1 heterocycles. The molecule has 0 radical (unpaired) electrons. The molecular weight excluding hydrogens is 471 g/mol. The predicted octanol–water partition coefficient (Wildman–Crippen LogP) is 3.11. The normalized spacial score (nSPS) is 15.5. The first-order valence-electron chi connectivity index (χ1n) is 7.84. The summed E-state index contributed by atoms with van der Waals surface area (Å²) in [6.45, 7) is -0.0153. The van der Waals surface area contributed by atoms with Crippen molar-refractivity contribution in [3.63, 3.8) is 0 Å². The number of ether oxygens (including phenoxy) is 3. The van der Waals surface area contributed by atoms with E-state index in [1.54, 1.807) is 13.0 Å². The van der Waals surface area contributed by atoms with Gasteiger partial charge in [-0.2, -0.15) is 13.2 Å². The Morgan fingerprint density at radius 2 is 2.00 bits per heavy atom. The van der Waals surface area contributed by atoms with Crippen LogP contribution in [-0.4, -0.2) is 42.7 Å². The van der Waals surface area contributed by atoms with Crippen molar-refractivity contribution in [3.8, 4) is 5.75 Å². The zero-order chi connectivity index (χ0) is 21.8. The number of esters is 2. The molecule has 0 N–H and O–H groups in total. The molecule has 1 atom stereocenters. The van der Waals surface area contributed by atoms with Crippen LogP contribution < -0.4 is 4.74 Å². The first-order chi connectivity index (χ1) is 13.5. The summed E-state index contributed by atoms with van der Waals surface area (Å²) in [5.41, 5.74) is -0.161. The van der Waals surface area contributed by atoms with Gasteiger partial charge in [-0.05, 0) is 30.7 Å². The summed E-state index contributed by atoms with van der Waals surface area (Å²) >= 11 is 3.21. The van der Waals surface area contributed by atoms with E-state index in [2.05, 4.69) is 30.2 Å². The first-order valence-corrected chi connectivity index (χ1v) is 8.63. The van der Waals surface area contributed by atoms with E-state index in [4.69, 9.17) is 4.74 Å². The van der Waals surface area contributed by atoms with E-state index in [-0.39, 0.29) is 11.3 Å². The number of hydrogen-bond donors (Lipinski definition) is 0. The Morgan fingerprint density at radius 3 is 2.62 bits per heavy atom. The summed E-state index contributed by atoms with van der Waals surface area (Å²) in [7, 11) is 0. The molecule has 0 bridgehead atoms. The Bertz CT molecular complexity index is 855. The van der Waals surface area contributed by atoms with Crippen LogP contribution in [0.15, 0.2) is 22.2 Å². The van der Waals surface area contributed by atoms with Gasteiger partial charge in [0.25, 0.3) is 5.09 Å². The van der Waals surface area contributed by atoms with E-state index in [9.17, 15) is 32.9 Å². The van der Waals surface area contributed by atoms with Crippen LogP contribution in [-0.2, 0) is 23.9 Å². The zero-order valence-electron chi connectivity index (χ0n) is 14.7. The van der Waals surface area contributed by atoms with Crippen molar-refractivity contribution in [1.29, 1.82) is 0 Å². The molecular formula is C16H13BrF3NO8. The molecule has 9 nitrogen and oxygen atoms in total. The van der Waals surface area contributed by atoms with Gasteiger partial charge < -0.3 is 19.0 Å². The first kappa shape index (κ1) is 22.5. The monoisotopic (exact) mass is 483 g/mol. The van der Waals surface area contributed by atoms with Crippen LogP contribution >= 0.6 is 15.9 Å². The van der Waals surface area contributed by atoms with Crippen molar-refractivity contribution in [3.05, 3.63) is 43.4 Å². The number of hydrogen-bond acceptors (Lipinski definition) is 8. The summed E-state index contributed by atoms with van der Waals surface area (Å²) < 4.78 is 54.7. The molecule has 0 aliphatic carbocycles. The maximum absolute atomic E-state index is 13.4. The lowest BCUT2D eigenvalue weighted by Crippen LogP contribution is -2.41. The number of rotatable bonds is 7. The molecule has 0 amide bonds. The second-order valence-corrected chi connectivity index (χ2v) is 6.57. The van der Waals surface area contributed by atoms with Crippen molar-refractivity contribution in [2.75, 3.05) is 13.4 Å². The maximum Gasteiger partial charge on any atom is 0.430 e. The lowest BCUT2D eigenvalue weighted by molar-refractivity contribution is -0.757. The fourth-order valence-electron chi connectivity index (χ4n) is 2.37. The number of carbonyl (C=O) groups is 2. The third kappa shape index (κ3) is 6.07. The largest absolute Gasteiger partial charge is 0.475 e. The van der Waals surface area contributed by atoms with Gasteiger partial charge >= 0.3 is 18.1 Å². The van der Waals surface area contributed by atoms with Crippen molar-refractivity contribution >= 4 is 33.9 Å². The van der Waals surface area contributed by atoms with Crippen molar-refractivity contribution in [2.45, 2.75) is 25.6 Å². The Labute approximate surface area is 169 Å². The molecule has 0 spiro atoms. The quantitative estimate of drug-likeness (QED) is 0.251. The standard InChI is InChI=1S/C16H13BrF3NO8/c1-8-4-10(17)5-9-6-11(14(16(18,19)20)29-13(8)9)15(23)27-7-26-12(22)2-3-28-21(24)25/h4-6,14H,2-3,7H2,1H3/t14-/m0/s1. The number of alkyl halides is 3. The van der Waals surface area contributed by atoms with Gasteiger partial charge in [0.1, 0.15) is 12.4 Å². The number of aryl methyl sites for hydroxylation is 1. The molecule has 1 aliphatic rings. The topological polar surface area (TPSA) is 114 Å². The van der Waals surface area contributed by atoms with Gasteiger partial charge in [0.15, 0.2) is 0 Å². The van der Waals surface area contributed by atoms with Crippen LogP contribution in [0.25, 0.3) is 6.08 Å². The molecule has 0 fully saturated rings. The molecule has 0 aromatic heterocycles. The van der Waals surface area contributed by atoms with E-state index >= 15 is 0 Å². The summed E-state index contributed by atoms with van der Waals surface area (Å²) in [6, 6.07) is 3.03. The Hall–Kier alpha value is -2.83. The Kier molecular flexibility index (Phi) is 7.06. The zero-order valence-corrected chi connectivity index (χ0v) is 16.2. The van der Waals surface area contributed by atoms with Crippen molar-refractivity contribution < 1.29 is 46.9 Å². The summed E-state index contributed by atoms with van der Waals surface area (Å²) in [4.78, 5) is 37.3.